The zero-order valence-corrected chi connectivity index (χ0v) is 12.9. The molecular weight excluding hydrogens is 266 g/mol. The standard InChI is InChI=1S/C16H21N3S/c1-12-5-7-17-10-13(2)19(12)20-16-4-3-15-11-18-8-6-14(15)9-16/h3-4,6,8-9,11-13,17H,5,7,10H2,1-2H3/t12-,13-/m0/s1. The van der Waals surface area contributed by atoms with Gasteiger partial charge in [-0.25, -0.2) is 4.31 Å². The maximum Gasteiger partial charge on any atom is 0.0346 e. The lowest BCUT2D eigenvalue weighted by molar-refractivity contribution is 0.317. The molecule has 0 saturated carbocycles. The summed E-state index contributed by atoms with van der Waals surface area (Å²) in [6.45, 7) is 6.80. The van der Waals surface area contributed by atoms with Crippen LogP contribution in [0.15, 0.2) is 41.6 Å². The van der Waals surface area contributed by atoms with Crippen molar-refractivity contribution in [2.75, 3.05) is 13.1 Å². The monoisotopic (exact) mass is 287 g/mol. The second-order valence-corrected chi connectivity index (χ2v) is 6.60. The zero-order valence-electron chi connectivity index (χ0n) is 12.0. The van der Waals surface area contributed by atoms with Crippen LogP contribution in [-0.4, -0.2) is 34.5 Å². The minimum atomic E-state index is 0.547. The molecule has 3 nitrogen and oxygen atoms in total. The molecule has 20 heavy (non-hydrogen) atoms. The van der Waals surface area contributed by atoms with Gasteiger partial charge in [0.2, 0.25) is 0 Å². The average Bonchev–Trinajstić information content (AvgIpc) is 2.62. The topological polar surface area (TPSA) is 28.2 Å². The first-order valence-electron chi connectivity index (χ1n) is 7.25. The van der Waals surface area contributed by atoms with Crippen LogP contribution in [0, 0.1) is 0 Å². The van der Waals surface area contributed by atoms with Gasteiger partial charge in [-0.1, -0.05) is 6.07 Å². The van der Waals surface area contributed by atoms with E-state index in [1.54, 1.807) is 0 Å². The second kappa shape index (κ2) is 6.12. The van der Waals surface area contributed by atoms with E-state index in [-0.39, 0.29) is 0 Å². The highest BCUT2D eigenvalue weighted by Crippen LogP contribution is 2.31. The van der Waals surface area contributed by atoms with Gasteiger partial charge in [-0.3, -0.25) is 4.98 Å². The molecule has 0 bridgehead atoms. The third kappa shape index (κ3) is 2.97. The van der Waals surface area contributed by atoms with E-state index in [4.69, 9.17) is 0 Å². The molecule has 3 rings (SSSR count). The van der Waals surface area contributed by atoms with E-state index in [9.17, 15) is 0 Å². The third-order valence-corrected chi connectivity index (χ3v) is 5.27. The first-order valence-corrected chi connectivity index (χ1v) is 8.02. The number of nitrogens with zero attached hydrogens (tertiary/aromatic N) is 2. The van der Waals surface area contributed by atoms with Crippen molar-refractivity contribution in [3.63, 3.8) is 0 Å². The quantitative estimate of drug-likeness (QED) is 0.858. The molecule has 4 heteroatoms. The zero-order chi connectivity index (χ0) is 13.9. The molecule has 2 aromatic rings. The molecular formula is C16H21N3S. The van der Waals surface area contributed by atoms with Gasteiger partial charge in [0.1, 0.15) is 0 Å². The van der Waals surface area contributed by atoms with Crippen LogP contribution in [0.25, 0.3) is 10.8 Å². The molecule has 1 aliphatic rings. The van der Waals surface area contributed by atoms with E-state index in [2.05, 4.69) is 52.7 Å². The molecule has 1 aromatic heterocycles. The van der Waals surface area contributed by atoms with Crippen LogP contribution in [0.5, 0.6) is 0 Å². The van der Waals surface area contributed by atoms with Gasteiger partial charge in [0.05, 0.1) is 0 Å². The fraction of sp³-hybridized carbons (Fsp3) is 0.438. The Bertz CT molecular complexity index is 575. The highest BCUT2D eigenvalue weighted by Gasteiger charge is 2.23. The predicted molar refractivity (Wildman–Crippen MR) is 85.8 cm³/mol. The summed E-state index contributed by atoms with van der Waals surface area (Å²) in [6.07, 6.45) is 4.98. The van der Waals surface area contributed by atoms with Crippen molar-refractivity contribution in [1.29, 1.82) is 0 Å². The number of aromatic nitrogens is 1. The lowest BCUT2D eigenvalue weighted by atomic mass is 10.2. The van der Waals surface area contributed by atoms with Crippen molar-refractivity contribution < 1.29 is 0 Å². The van der Waals surface area contributed by atoms with Crippen LogP contribution in [-0.2, 0) is 0 Å². The number of fused-ring (bicyclic) bond motifs is 1. The number of pyridine rings is 1. The highest BCUT2D eigenvalue weighted by molar-refractivity contribution is 7.97. The van der Waals surface area contributed by atoms with Gasteiger partial charge in [-0.15, -0.1) is 0 Å². The molecule has 0 radical (unpaired) electrons. The molecule has 0 aliphatic carbocycles. The van der Waals surface area contributed by atoms with Crippen molar-refractivity contribution in [2.45, 2.75) is 37.2 Å². The fourth-order valence-corrected chi connectivity index (χ4v) is 3.79. The van der Waals surface area contributed by atoms with Crippen molar-refractivity contribution >= 4 is 22.7 Å². The van der Waals surface area contributed by atoms with Crippen molar-refractivity contribution in [3.8, 4) is 0 Å². The number of benzene rings is 1. The van der Waals surface area contributed by atoms with Crippen LogP contribution >= 0.6 is 11.9 Å². The Morgan fingerprint density at radius 3 is 3.00 bits per heavy atom. The summed E-state index contributed by atoms with van der Waals surface area (Å²) in [5.74, 6) is 0. The molecule has 106 valence electrons. The van der Waals surface area contributed by atoms with E-state index in [0.29, 0.717) is 12.1 Å². The summed E-state index contributed by atoms with van der Waals surface area (Å²) in [5.41, 5.74) is 0. The summed E-state index contributed by atoms with van der Waals surface area (Å²) in [7, 11) is 0. The molecule has 0 unspecified atom stereocenters. The predicted octanol–water partition coefficient (Wildman–Crippen LogP) is 3.31. The Balaban J connectivity index is 1.83. The molecule has 1 aromatic carbocycles. The Morgan fingerprint density at radius 2 is 2.10 bits per heavy atom. The third-order valence-electron chi connectivity index (χ3n) is 3.87. The number of hydrogen-bond acceptors (Lipinski definition) is 4. The maximum absolute atomic E-state index is 4.17. The van der Waals surface area contributed by atoms with Crippen LogP contribution in [0.3, 0.4) is 0 Å². The lowest BCUT2D eigenvalue weighted by Gasteiger charge is -2.30. The summed E-state index contributed by atoms with van der Waals surface area (Å²) in [4.78, 5) is 5.48. The van der Waals surface area contributed by atoms with Crippen LogP contribution in [0.4, 0.5) is 0 Å². The maximum atomic E-state index is 4.17. The summed E-state index contributed by atoms with van der Waals surface area (Å²) in [6, 6.07) is 9.85. The first kappa shape index (κ1) is 13.9. The van der Waals surface area contributed by atoms with E-state index in [1.807, 2.05) is 24.3 Å². The van der Waals surface area contributed by atoms with Gasteiger partial charge in [0.25, 0.3) is 0 Å². The molecule has 0 amide bonds. The molecule has 1 N–H and O–H groups in total. The first-order chi connectivity index (χ1) is 9.74. The van der Waals surface area contributed by atoms with Crippen LogP contribution in [0.2, 0.25) is 0 Å². The largest absolute Gasteiger partial charge is 0.315 e. The van der Waals surface area contributed by atoms with Gasteiger partial charge >= 0.3 is 0 Å². The van der Waals surface area contributed by atoms with Gasteiger partial charge in [0, 0.05) is 41.3 Å². The Morgan fingerprint density at radius 1 is 1.20 bits per heavy atom. The molecule has 2 heterocycles. The minimum absolute atomic E-state index is 0.547. The van der Waals surface area contributed by atoms with E-state index in [0.717, 1.165) is 13.1 Å². The van der Waals surface area contributed by atoms with Crippen molar-refractivity contribution in [1.82, 2.24) is 14.6 Å². The molecule has 1 aliphatic heterocycles. The molecule has 1 saturated heterocycles. The number of nitrogens with one attached hydrogen (secondary N) is 1. The normalized spacial score (nSPS) is 24.7. The SMILES string of the molecule is C[C@H]1CCNC[C@H](C)N1Sc1ccc2cnccc2c1. The summed E-state index contributed by atoms with van der Waals surface area (Å²) >= 11 is 1.88. The minimum Gasteiger partial charge on any atom is -0.315 e. The van der Waals surface area contributed by atoms with Crippen LogP contribution in [0.1, 0.15) is 20.3 Å². The van der Waals surface area contributed by atoms with Crippen LogP contribution < -0.4 is 5.32 Å². The van der Waals surface area contributed by atoms with E-state index >= 15 is 0 Å². The number of rotatable bonds is 2. The lowest BCUT2D eigenvalue weighted by Crippen LogP contribution is -2.36. The Labute approximate surface area is 124 Å². The van der Waals surface area contributed by atoms with Gasteiger partial charge < -0.3 is 5.32 Å². The summed E-state index contributed by atoms with van der Waals surface area (Å²) < 4.78 is 2.53. The van der Waals surface area contributed by atoms with Gasteiger partial charge in [-0.05, 0) is 62.3 Å². The highest BCUT2D eigenvalue weighted by atomic mass is 32.2. The van der Waals surface area contributed by atoms with Crippen molar-refractivity contribution in [3.05, 3.63) is 36.7 Å². The second-order valence-electron chi connectivity index (χ2n) is 5.53. The van der Waals surface area contributed by atoms with Gasteiger partial charge in [-0.2, -0.15) is 0 Å². The average molecular weight is 287 g/mol. The van der Waals surface area contributed by atoms with Crippen molar-refractivity contribution in [2.24, 2.45) is 0 Å². The Hall–Kier alpha value is -1.10. The molecule has 1 fully saturated rings. The fourth-order valence-electron chi connectivity index (χ4n) is 2.69. The van der Waals surface area contributed by atoms with E-state index < -0.39 is 0 Å². The molecule has 2 atom stereocenters. The molecule has 0 spiro atoms. The Kier molecular flexibility index (Phi) is 4.24. The number of hydrogen-bond donors (Lipinski definition) is 1. The van der Waals surface area contributed by atoms with E-state index in [1.165, 1.54) is 22.1 Å². The summed E-state index contributed by atoms with van der Waals surface area (Å²) in [5, 5.41) is 5.98. The van der Waals surface area contributed by atoms with Gasteiger partial charge in [0.15, 0.2) is 0 Å². The smallest absolute Gasteiger partial charge is 0.0346 e.